The molecule has 2 N–H and O–H groups in total. The van der Waals surface area contributed by atoms with E-state index in [-0.39, 0.29) is 35.5 Å². The van der Waals surface area contributed by atoms with Gasteiger partial charge in [0.15, 0.2) is 0 Å². The third-order valence-corrected chi connectivity index (χ3v) is 7.75. The van der Waals surface area contributed by atoms with E-state index < -0.39 is 61.6 Å². The molecule has 43 heavy (non-hydrogen) atoms. The van der Waals surface area contributed by atoms with E-state index in [9.17, 15) is 29.1 Å². The summed E-state index contributed by atoms with van der Waals surface area (Å²) < 4.78 is 20.0. The Bertz CT molecular complexity index is 1400. The number of hydrogen-bond donors (Lipinski definition) is 2. The minimum Gasteiger partial charge on any atom is -0.424 e. The second-order valence-electron chi connectivity index (χ2n) is 9.36. The van der Waals surface area contributed by atoms with Crippen LogP contribution in [0, 0.1) is 11.3 Å². The fourth-order valence-corrected chi connectivity index (χ4v) is 5.70. The highest BCUT2D eigenvalue weighted by Gasteiger charge is 2.57. The number of aliphatic hydroxyl groups excluding tert-OH is 1. The van der Waals surface area contributed by atoms with Gasteiger partial charge in [-0.25, -0.2) is 19.2 Å². The zero-order valence-electron chi connectivity index (χ0n) is 23.0. The predicted octanol–water partition coefficient (Wildman–Crippen LogP) is 2.76. The third-order valence-electron chi connectivity index (χ3n) is 6.65. The van der Waals surface area contributed by atoms with Crippen molar-refractivity contribution in [2.24, 2.45) is 5.92 Å². The number of esters is 3. The van der Waals surface area contributed by atoms with Gasteiger partial charge in [-0.3, -0.25) is 15.1 Å². The lowest BCUT2D eigenvalue weighted by atomic mass is 9.83. The largest absolute Gasteiger partial charge is 0.424 e. The number of carbonyl (C=O) groups is 5. The smallest absolute Gasteiger partial charge is 0.417 e. The van der Waals surface area contributed by atoms with Crippen LogP contribution in [0.25, 0.3) is 0 Å². The summed E-state index contributed by atoms with van der Waals surface area (Å²) in [7, 11) is 0. The van der Waals surface area contributed by atoms with Crippen molar-refractivity contribution in [3.05, 3.63) is 82.4 Å². The fourth-order valence-electron chi connectivity index (χ4n) is 4.56. The van der Waals surface area contributed by atoms with Crippen LogP contribution in [-0.2, 0) is 28.5 Å². The molecule has 1 saturated heterocycles. The van der Waals surface area contributed by atoms with Crippen LogP contribution in [0.15, 0.2) is 71.3 Å². The molecule has 0 saturated carbocycles. The van der Waals surface area contributed by atoms with Crippen molar-refractivity contribution in [1.82, 2.24) is 9.80 Å². The van der Waals surface area contributed by atoms with Gasteiger partial charge in [0.1, 0.15) is 5.70 Å². The second-order valence-corrected chi connectivity index (χ2v) is 10.6. The van der Waals surface area contributed by atoms with Gasteiger partial charge in [0.2, 0.25) is 19.5 Å². The fraction of sp³-hybridized carbons (Fsp3) is 0.310. The van der Waals surface area contributed by atoms with E-state index in [2.05, 4.69) is 0 Å². The molecule has 0 radical (unpaired) electrons. The number of aliphatic hydroxyl groups is 1. The first kappa shape index (κ1) is 31.3. The summed E-state index contributed by atoms with van der Waals surface area (Å²) in [5, 5.41) is 17.6. The van der Waals surface area contributed by atoms with Gasteiger partial charge in [0, 0.05) is 23.6 Å². The number of amides is 2. The van der Waals surface area contributed by atoms with E-state index >= 15 is 0 Å². The number of benzene rings is 2. The van der Waals surface area contributed by atoms with Crippen LogP contribution >= 0.6 is 11.8 Å². The minimum absolute atomic E-state index is 0.0153. The van der Waals surface area contributed by atoms with Crippen molar-refractivity contribution in [2.45, 2.75) is 25.5 Å². The average molecular weight is 612 g/mol. The SMILES string of the molecule is C[C@@H](O)[C@H]1C(=O)N2C(C(=O)OCOC(=O)c3ccccc3)=C(SCCN(C=N)C(=O)OCOC(=O)c3ccccc3)C[C@H]12. The number of carbonyl (C=O) groups excluding carboxylic acids is 5. The first-order valence-electron chi connectivity index (χ1n) is 13.2. The monoisotopic (exact) mass is 611 g/mol. The summed E-state index contributed by atoms with van der Waals surface area (Å²) in [5.74, 6) is -3.18. The molecule has 0 aromatic heterocycles. The summed E-state index contributed by atoms with van der Waals surface area (Å²) in [6.07, 6.45) is -0.835. The van der Waals surface area contributed by atoms with Crippen LogP contribution in [0.1, 0.15) is 34.1 Å². The maximum absolute atomic E-state index is 13.0. The Morgan fingerprint density at radius 1 is 0.953 bits per heavy atom. The summed E-state index contributed by atoms with van der Waals surface area (Å²) in [6.45, 7) is 0.150. The van der Waals surface area contributed by atoms with Crippen molar-refractivity contribution in [1.29, 1.82) is 5.41 Å². The molecule has 0 aliphatic carbocycles. The maximum atomic E-state index is 13.0. The summed E-state index contributed by atoms with van der Waals surface area (Å²) in [6, 6.07) is 15.8. The molecule has 0 spiro atoms. The van der Waals surface area contributed by atoms with Gasteiger partial charge in [-0.2, -0.15) is 0 Å². The van der Waals surface area contributed by atoms with E-state index in [0.29, 0.717) is 4.91 Å². The van der Waals surface area contributed by atoms with Crippen molar-refractivity contribution in [3.63, 3.8) is 0 Å². The number of nitrogens with zero attached hydrogens (tertiary/aromatic N) is 2. The van der Waals surface area contributed by atoms with Crippen LogP contribution in [-0.4, -0.2) is 89.2 Å². The number of thioether (sulfide) groups is 1. The van der Waals surface area contributed by atoms with Crippen molar-refractivity contribution >= 4 is 48.0 Å². The second kappa shape index (κ2) is 14.5. The van der Waals surface area contributed by atoms with Crippen molar-refractivity contribution in [2.75, 3.05) is 25.9 Å². The first-order valence-corrected chi connectivity index (χ1v) is 14.1. The topological polar surface area (TPSA) is 173 Å². The van der Waals surface area contributed by atoms with Gasteiger partial charge in [-0.1, -0.05) is 36.4 Å². The Hall–Kier alpha value is -4.69. The van der Waals surface area contributed by atoms with E-state index in [1.807, 2.05) is 0 Å². The number of rotatable bonds is 13. The molecule has 0 unspecified atom stereocenters. The normalized spacial score (nSPS) is 17.7. The Morgan fingerprint density at radius 3 is 2.02 bits per heavy atom. The van der Waals surface area contributed by atoms with E-state index in [0.717, 1.165) is 23.0 Å². The highest BCUT2D eigenvalue weighted by molar-refractivity contribution is 8.03. The lowest BCUT2D eigenvalue weighted by Gasteiger charge is -2.44. The molecule has 226 valence electrons. The quantitative estimate of drug-likeness (QED) is 0.112. The van der Waals surface area contributed by atoms with Gasteiger partial charge < -0.3 is 29.0 Å². The molecule has 2 aliphatic heterocycles. The molecule has 0 bridgehead atoms. The lowest BCUT2D eigenvalue weighted by Crippen LogP contribution is -2.61. The highest BCUT2D eigenvalue weighted by Crippen LogP contribution is 2.47. The van der Waals surface area contributed by atoms with Gasteiger partial charge >= 0.3 is 24.0 Å². The molecule has 1 fully saturated rings. The minimum atomic E-state index is -0.929. The lowest BCUT2D eigenvalue weighted by molar-refractivity contribution is -0.164. The number of β-lactam (4-membered cyclic amide) rings is 1. The van der Waals surface area contributed by atoms with E-state index in [4.69, 9.17) is 24.4 Å². The molecule has 4 rings (SSSR count). The summed E-state index contributed by atoms with van der Waals surface area (Å²) in [5.41, 5.74) is 0.536. The summed E-state index contributed by atoms with van der Waals surface area (Å²) >= 11 is 1.16. The zero-order valence-corrected chi connectivity index (χ0v) is 23.9. The van der Waals surface area contributed by atoms with Crippen LogP contribution in [0.4, 0.5) is 4.79 Å². The van der Waals surface area contributed by atoms with Crippen LogP contribution in [0.3, 0.4) is 0 Å². The standard InChI is InChI=1S/C29H29N3O10S/c1-18(33)23-21-14-22(24(32(21)25(23)34)28(37)41-16-39-26(35)19-8-4-2-5-9-19)43-13-12-31(15-30)29(38)42-17-40-27(36)20-10-6-3-7-11-20/h2-11,15,18,21,23,30,33H,12-14,16-17H2,1H3/t18-,21-,23-/m1/s1. The van der Waals surface area contributed by atoms with Crippen molar-refractivity contribution in [3.8, 4) is 0 Å². The number of hydrogen-bond acceptors (Lipinski definition) is 12. The Kier molecular flexibility index (Phi) is 10.5. The van der Waals surface area contributed by atoms with Crippen LogP contribution < -0.4 is 0 Å². The van der Waals surface area contributed by atoms with Gasteiger partial charge in [-0.15, -0.1) is 11.8 Å². The van der Waals surface area contributed by atoms with E-state index in [1.165, 1.54) is 11.8 Å². The molecule has 2 heterocycles. The van der Waals surface area contributed by atoms with Gasteiger partial charge in [0.05, 0.1) is 35.5 Å². The Morgan fingerprint density at radius 2 is 1.49 bits per heavy atom. The molecular formula is C29H29N3O10S. The average Bonchev–Trinajstić information content (AvgIpc) is 3.33. The number of fused-ring (bicyclic) bond motifs is 1. The number of ether oxygens (including phenoxy) is 4. The Labute approximate surface area is 250 Å². The van der Waals surface area contributed by atoms with Crippen molar-refractivity contribution < 1.29 is 48.0 Å². The van der Waals surface area contributed by atoms with Gasteiger partial charge in [0.25, 0.3) is 0 Å². The molecule has 2 aromatic rings. The molecule has 2 amide bonds. The summed E-state index contributed by atoms with van der Waals surface area (Å²) in [4.78, 5) is 65.0. The van der Waals surface area contributed by atoms with Crippen LogP contribution in [0.2, 0.25) is 0 Å². The zero-order chi connectivity index (χ0) is 30.9. The first-order chi connectivity index (χ1) is 20.7. The highest BCUT2D eigenvalue weighted by atomic mass is 32.2. The van der Waals surface area contributed by atoms with E-state index in [1.54, 1.807) is 60.7 Å². The molecule has 3 atom stereocenters. The third kappa shape index (κ3) is 7.40. The van der Waals surface area contributed by atoms with Crippen LogP contribution in [0.5, 0.6) is 0 Å². The molecule has 14 heteroatoms. The van der Waals surface area contributed by atoms with Gasteiger partial charge in [-0.05, 0) is 31.2 Å². The number of nitrogens with one attached hydrogen (secondary N) is 1. The maximum Gasteiger partial charge on any atom is 0.417 e. The molecule has 13 nitrogen and oxygen atoms in total. The Balaban J connectivity index is 1.32. The molecular weight excluding hydrogens is 582 g/mol. The molecule has 2 aromatic carbocycles. The molecule has 2 aliphatic rings. The predicted molar refractivity (Wildman–Crippen MR) is 151 cm³/mol.